The summed E-state index contributed by atoms with van der Waals surface area (Å²) >= 11 is 0. The van der Waals surface area contributed by atoms with Crippen molar-refractivity contribution >= 4 is 15.9 Å². The van der Waals surface area contributed by atoms with Crippen molar-refractivity contribution in [3.8, 4) is 0 Å². The zero-order valence-corrected chi connectivity index (χ0v) is 14.8. The molecule has 2 rings (SSSR count). The maximum atomic E-state index is 12.4. The summed E-state index contributed by atoms with van der Waals surface area (Å²) in [7, 11) is -3.87. The second-order valence-electron chi connectivity index (χ2n) is 5.89. The summed E-state index contributed by atoms with van der Waals surface area (Å²) in [5, 5.41) is 12.2. The molecule has 7 nitrogen and oxygen atoms in total. The summed E-state index contributed by atoms with van der Waals surface area (Å²) in [6.07, 6.45) is 4.27. The molecule has 1 amide bonds. The Morgan fingerprint density at radius 3 is 2.67 bits per heavy atom. The van der Waals surface area contributed by atoms with E-state index in [4.69, 9.17) is 5.14 Å². The van der Waals surface area contributed by atoms with Gasteiger partial charge in [-0.3, -0.25) is 9.48 Å². The number of aromatic nitrogens is 2. The Labute approximate surface area is 141 Å². The number of rotatable bonds is 6. The summed E-state index contributed by atoms with van der Waals surface area (Å²) in [4.78, 5) is 12.4. The summed E-state index contributed by atoms with van der Waals surface area (Å²) in [5.41, 5.74) is 1.55. The van der Waals surface area contributed by atoms with E-state index in [1.54, 1.807) is 30.8 Å². The number of sulfonamides is 1. The van der Waals surface area contributed by atoms with Gasteiger partial charge in [-0.15, -0.1) is 0 Å². The van der Waals surface area contributed by atoms with E-state index in [-0.39, 0.29) is 22.4 Å². The first-order chi connectivity index (χ1) is 11.2. The number of hydrogen-bond acceptors (Lipinski definition) is 4. The van der Waals surface area contributed by atoms with E-state index in [0.29, 0.717) is 24.1 Å². The van der Waals surface area contributed by atoms with Crippen LogP contribution in [0.4, 0.5) is 0 Å². The van der Waals surface area contributed by atoms with Crippen molar-refractivity contribution in [1.82, 2.24) is 15.1 Å². The van der Waals surface area contributed by atoms with Crippen LogP contribution < -0.4 is 10.5 Å². The predicted molar refractivity (Wildman–Crippen MR) is 91.1 cm³/mol. The van der Waals surface area contributed by atoms with Crippen molar-refractivity contribution < 1.29 is 13.2 Å². The number of nitrogens with two attached hydrogens (primary N) is 1. The van der Waals surface area contributed by atoms with Crippen LogP contribution in [0.5, 0.6) is 0 Å². The van der Waals surface area contributed by atoms with Crippen LogP contribution in [0.25, 0.3) is 0 Å². The molecular weight excluding hydrogens is 328 g/mol. The van der Waals surface area contributed by atoms with E-state index in [1.807, 2.05) is 19.2 Å². The maximum Gasteiger partial charge on any atom is 0.251 e. The zero-order chi connectivity index (χ0) is 17.9. The standard InChI is InChI=1S/C16H22N4O3S/c1-11-9-14(10-15(13(11)3)24(17,22)23)16(21)19-12(2)5-8-20-7-4-6-18-20/h4,6-7,9-10,12H,5,8H2,1-3H3,(H,19,21)(H2,17,22,23). The lowest BCUT2D eigenvalue weighted by atomic mass is 10.1. The van der Waals surface area contributed by atoms with E-state index in [0.717, 1.165) is 0 Å². The highest BCUT2D eigenvalue weighted by Gasteiger charge is 2.18. The first-order valence-electron chi connectivity index (χ1n) is 7.61. The SMILES string of the molecule is Cc1cc(C(=O)NC(C)CCn2cccn2)cc(S(N)(=O)=O)c1C. The second kappa shape index (κ2) is 7.14. The lowest BCUT2D eigenvalue weighted by molar-refractivity contribution is 0.0937. The average molecular weight is 350 g/mol. The molecule has 130 valence electrons. The van der Waals surface area contributed by atoms with Gasteiger partial charge in [-0.25, -0.2) is 13.6 Å². The third kappa shape index (κ3) is 4.42. The van der Waals surface area contributed by atoms with Crippen molar-refractivity contribution in [3.05, 3.63) is 47.3 Å². The average Bonchev–Trinajstić information content (AvgIpc) is 2.99. The van der Waals surface area contributed by atoms with Gasteiger partial charge in [0.15, 0.2) is 0 Å². The lowest BCUT2D eigenvalue weighted by Gasteiger charge is -2.15. The molecule has 0 radical (unpaired) electrons. The molecule has 3 N–H and O–H groups in total. The van der Waals surface area contributed by atoms with Crippen LogP contribution in [-0.2, 0) is 16.6 Å². The summed E-state index contributed by atoms with van der Waals surface area (Å²) in [6, 6.07) is 4.75. The monoisotopic (exact) mass is 350 g/mol. The molecule has 0 fully saturated rings. The summed E-state index contributed by atoms with van der Waals surface area (Å²) in [5.74, 6) is -0.323. The molecule has 0 saturated carbocycles. The number of nitrogens with zero attached hydrogens (tertiary/aromatic N) is 2. The van der Waals surface area contributed by atoms with Crippen LogP contribution in [0.15, 0.2) is 35.5 Å². The number of carbonyl (C=O) groups is 1. The number of aryl methyl sites for hydroxylation is 2. The smallest absolute Gasteiger partial charge is 0.251 e. The number of amides is 1. The Bertz CT molecular complexity index is 829. The van der Waals surface area contributed by atoms with E-state index >= 15 is 0 Å². The van der Waals surface area contributed by atoms with Crippen molar-refractivity contribution in [3.63, 3.8) is 0 Å². The van der Waals surface area contributed by atoms with Gasteiger partial charge < -0.3 is 5.32 Å². The molecule has 0 aliphatic heterocycles. The van der Waals surface area contributed by atoms with Crippen LogP contribution in [-0.4, -0.2) is 30.1 Å². The van der Waals surface area contributed by atoms with Gasteiger partial charge in [0.25, 0.3) is 5.91 Å². The van der Waals surface area contributed by atoms with Crippen LogP contribution in [0, 0.1) is 13.8 Å². The normalized spacial score (nSPS) is 12.8. The van der Waals surface area contributed by atoms with Gasteiger partial charge >= 0.3 is 0 Å². The molecular formula is C16H22N4O3S. The number of primary sulfonamides is 1. The third-order valence-corrected chi connectivity index (χ3v) is 4.95. The second-order valence-corrected chi connectivity index (χ2v) is 7.42. The van der Waals surface area contributed by atoms with Crippen LogP contribution >= 0.6 is 0 Å². The van der Waals surface area contributed by atoms with E-state index in [9.17, 15) is 13.2 Å². The number of benzene rings is 1. The molecule has 1 aromatic heterocycles. The minimum Gasteiger partial charge on any atom is -0.350 e. The highest BCUT2D eigenvalue weighted by atomic mass is 32.2. The van der Waals surface area contributed by atoms with Crippen LogP contribution in [0.1, 0.15) is 34.8 Å². The number of carbonyl (C=O) groups excluding carboxylic acids is 1. The van der Waals surface area contributed by atoms with E-state index in [2.05, 4.69) is 10.4 Å². The minimum atomic E-state index is -3.87. The first kappa shape index (κ1) is 18.2. The van der Waals surface area contributed by atoms with Crippen molar-refractivity contribution in [2.45, 2.75) is 44.7 Å². The largest absolute Gasteiger partial charge is 0.350 e. The van der Waals surface area contributed by atoms with Gasteiger partial charge in [-0.1, -0.05) is 0 Å². The van der Waals surface area contributed by atoms with Gasteiger partial charge in [0.05, 0.1) is 4.90 Å². The molecule has 24 heavy (non-hydrogen) atoms. The molecule has 8 heteroatoms. The van der Waals surface area contributed by atoms with E-state index in [1.165, 1.54) is 6.07 Å². The Morgan fingerprint density at radius 1 is 1.38 bits per heavy atom. The molecule has 0 bridgehead atoms. The Kier molecular flexibility index (Phi) is 5.40. The van der Waals surface area contributed by atoms with Crippen molar-refractivity contribution in [2.24, 2.45) is 5.14 Å². The first-order valence-corrected chi connectivity index (χ1v) is 9.15. The Morgan fingerprint density at radius 2 is 2.08 bits per heavy atom. The maximum absolute atomic E-state index is 12.4. The fourth-order valence-electron chi connectivity index (χ4n) is 2.39. The van der Waals surface area contributed by atoms with Gasteiger partial charge in [0, 0.05) is 30.5 Å². The zero-order valence-electron chi connectivity index (χ0n) is 14.0. The van der Waals surface area contributed by atoms with Gasteiger partial charge in [-0.2, -0.15) is 5.10 Å². The molecule has 0 spiro atoms. The fraction of sp³-hybridized carbons (Fsp3) is 0.375. The van der Waals surface area contributed by atoms with Crippen LogP contribution in [0.2, 0.25) is 0 Å². The molecule has 0 aliphatic carbocycles. The van der Waals surface area contributed by atoms with Gasteiger partial charge in [-0.05, 0) is 56.5 Å². The summed E-state index contributed by atoms with van der Waals surface area (Å²) < 4.78 is 25.1. The highest BCUT2D eigenvalue weighted by Crippen LogP contribution is 2.20. The molecule has 1 aromatic carbocycles. The van der Waals surface area contributed by atoms with Crippen molar-refractivity contribution in [1.29, 1.82) is 0 Å². The highest BCUT2D eigenvalue weighted by molar-refractivity contribution is 7.89. The van der Waals surface area contributed by atoms with Crippen molar-refractivity contribution in [2.75, 3.05) is 0 Å². The number of nitrogens with one attached hydrogen (secondary N) is 1. The molecule has 1 unspecified atom stereocenters. The topological polar surface area (TPSA) is 107 Å². The summed E-state index contributed by atoms with van der Waals surface area (Å²) in [6.45, 7) is 6.00. The molecule has 1 atom stereocenters. The number of hydrogen-bond donors (Lipinski definition) is 2. The van der Waals surface area contributed by atoms with Gasteiger partial charge in [0.2, 0.25) is 10.0 Å². The van der Waals surface area contributed by atoms with Crippen LogP contribution in [0.3, 0.4) is 0 Å². The molecule has 2 aromatic rings. The Hall–Kier alpha value is -2.19. The Balaban J connectivity index is 2.10. The minimum absolute atomic E-state index is 0.0168. The fourth-order valence-corrected chi connectivity index (χ4v) is 3.27. The van der Waals surface area contributed by atoms with Gasteiger partial charge in [0.1, 0.15) is 0 Å². The molecule has 1 heterocycles. The lowest BCUT2D eigenvalue weighted by Crippen LogP contribution is -2.33. The molecule has 0 saturated heterocycles. The predicted octanol–water partition coefficient (Wildman–Crippen LogP) is 1.36. The quantitative estimate of drug-likeness (QED) is 0.820. The molecule has 0 aliphatic rings. The van der Waals surface area contributed by atoms with E-state index < -0.39 is 10.0 Å². The third-order valence-electron chi connectivity index (χ3n) is 3.92.